The first-order valence-corrected chi connectivity index (χ1v) is 3.27. The number of nitrogens with one attached hydrogen (secondary N) is 1. The lowest BCUT2D eigenvalue weighted by Gasteiger charge is -2.01. The zero-order valence-corrected chi connectivity index (χ0v) is 7.45. The van der Waals surface area contributed by atoms with Crippen molar-refractivity contribution < 1.29 is 9.53 Å². The predicted molar refractivity (Wildman–Crippen MR) is 45.8 cm³/mol. The number of hydrogen-bond acceptors (Lipinski definition) is 3. The van der Waals surface area contributed by atoms with Gasteiger partial charge in [-0.2, -0.15) is 0 Å². The Morgan fingerprint density at radius 3 is 2.73 bits per heavy atom. The van der Waals surface area contributed by atoms with E-state index in [0.717, 1.165) is 6.42 Å². The van der Waals surface area contributed by atoms with Crippen LogP contribution in [-0.2, 0) is 9.53 Å². The summed E-state index contributed by atoms with van der Waals surface area (Å²) < 4.78 is 4.59. The molecule has 5 heteroatoms. The number of nitrogens with two attached hydrogens (primary N) is 1. The average Bonchev–Trinajstić information content (AvgIpc) is 1.89. The fraction of sp³-hybridized carbons (Fsp3) is 0.833. The summed E-state index contributed by atoms with van der Waals surface area (Å²) in [7, 11) is 1.49. The minimum absolute atomic E-state index is 0. The Hall–Kier alpha value is -0.320. The van der Waals surface area contributed by atoms with Crippen LogP contribution in [0.25, 0.3) is 0 Å². The highest BCUT2D eigenvalue weighted by Crippen LogP contribution is 1.72. The molecule has 0 aliphatic rings. The molecule has 0 unspecified atom stereocenters. The quantitative estimate of drug-likeness (QED) is 0.565. The third-order valence-electron chi connectivity index (χ3n) is 0.979. The van der Waals surface area contributed by atoms with E-state index in [1.54, 1.807) is 0 Å². The van der Waals surface area contributed by atoms with Crippen LogP contribution in [0, 0.1) is 0 Å². The van der Waals surface area contributed by atoms with E-state index >= 15 is 0 Å². The summed E-state index contributed by atoms with van der Waals surface area (Å²) in [6.07, 6.45) is 0.815. The van der Waals surface area contributed by atoms with Gasteiger partial charge >= 0.3 is 0 Å². The number of halogens is 1. The highest BCUT2D eigenvalue weighted by atomic mass is 35.5. The number of rotatable bonds is 5. The fourth-order valence-electron chi connectivity index (χ4n) is 0.512. The molecule has 0 saturated carbocycles. The Morgan fingerprint density at radius 2 is 2.27 bits per heavy atom. The Bertz CT molecular complexity index is 101. The van der Waals surface area contributed by atoms with Crippen LogP contribution in [0.1, 0.15) is 6.42 Å². The highest BCUT2D eigenvalue weighted by molar-refractivity contribution is 5.85. The zero-order valence-electron chi connectivity index (χ0n) is 6.63. The van der Waals surface area contributed by atoms with Crippen molar-refractivity contribution in [3.63, 3.8) is 0 Å². The molecule has 0 bridgehead atoms. The summed E-state index contributed by atoms with van der Waals surface area (Å²) >= 11 is 0. The van der Waals surface area contributed by atoms with Crippen molar-refractivity contribution in [2.75, 3.05) is 26.8 Å². The van der Waals surface area contributed by atoms with Gasteiger partial charge in [-0.3, -0.25) is 4.79 Å². The van der Waals surface area contributed by atoms with Crippen LogP contribution in [0.3, 0.4) is 0 Å². The van der Waals surface area contributed by atoms with E-state index < -0.39 is 0 Å². The van der Waals surface area contributed by atoms with Crippen LogP contribution in [0.15, 0.2) is 0 Å². The van der Waals surface area contributed by atoms with Crippen molar-refractivity contribution >= 4 is 18.3 Å². The van der Waals surface area contributed by atoms with Gasteiger partial charge in [0.25, 0.3) is 0 Å². The van der Waals surface area contributed by atoms with E-state index in [4.69, 9.17) is 5.73 Å². The Morgan fingerprint density at radius 1 is 1.64 bits per heavy atom. The van der Waals surface area contributed by atoms with E-state index in [1.165, 1.54) is 7.11 Å². The van der Waals surface area contributed by atoms with Crippen molar-refractivity contribution in [3.05, 3.63) is 0 Å². The molecule has 4 nitrogen and oxygen atoms in total. The highest BCUT2D eigenvalue weighted by Gasteiger charge is 1.95. The maximum atomic E-state index is 10.6. The molecule has 0 atom stereocenters. The van der Waals surface area contributed by atoms with Crippen molar-refractivity contribution in [1.29, 1.82) is 0 Å². The molecule has 11 heavy (non-hydrogen) atoms. The molecule has 0 aromatic rings. The van der Waals surface area contributed by atoms with Gasteiger partial charge in [-0.25, -0.2) is 0 Å². The van der Waals surface area contributed by atoms with Gasteiger partial charge in [-0.05, 0) is 13.0 Å². The maximum Gasteiger partial charge on any atom is 0.245 e. The molecule has 0 aromatic heterocycles. The van der Waals surface area contributed by atoms with E-state index in [2.05, 4.69) is 10.1 Å². The molecule has 3 N–H and O–H groups in total. The summed E-state index contributed by atoms with van der Waals surface area (Å²) in [5.74, 6) is -0.0871. The van der Waals surface area contributed by atoms with Crippen LogP contribution in [0.4, 0.5) is 0 Å². The molecular weight excluding hydrogens is 168 g/mol. The second-order valence-electron chi connectivity index (χ2n) is 1.93. The smallest absolute Gasteiger partial charge is 0.245 e. The standard InChI is InChI=1S/C6H14N2O2.ClH/c1-10-5-6(9)8-4-2-3-7;/h2-5,7H2,1H3,(H,8,9);1H. The topological polar surface area (TPSA) is 64.3 Å². The van der Waals surface area contributed by atoms with E-state index in [0.29, 0.717) is 13.1 Å². The molecule has 0 rings (SSSR count). The maximum absolute atomic E-state index is 10.6. The summed E-state index contributed by atoms with van der Waals surface area (Å²) in [5.41, 5.74) is 5.21. The van der Waals surface area contributed by atoms with Gasteiger partial charge in [-0.15, -0.1) is 12.4 Å². The largest absolute Gasteiger partial charge is 0.375 e. The Labute approximate surface area is 72.9 Å². The summed E-state index contributed by atoms with van der Waals surface area (Å²) in [6, 6.07) is 0. The third-order valence-corrected chi connectivity index (χ3v) is 0.979. The molecule has 0 aliphatic heterocycles. The molecule has 68 valence electrons. The van der Waals surface area contributed by atoms with Crippen LogP contribution in [0.5, 0.6) is 0 Å². The molecule has 0 heterocycles. The molecule has 1 amide bonds. The minimum atomic E-state index is -0.0871. The third kappa shape index (κ3) is 9.68. The van der Waals surface area contributed by atoms with Gasteiger partial charge in [0.05, 0.1) is 0 Å². The number of ether oxygens (including phenoxy) is 1. The normalized spacial score (nSPS) is 8.55. The number of amides is 1. The molecule has 0 aliphatic carbocycles. The average molecular weight is 183 g/mol. The molecular formula is C6H15ClN2O2. The fourth-order valence-corrected chi connectivity index (χ4v) is 0.512. The van der Waals surface area contributed by atoms with Crippen LogP contribution >= 0.6 is 12.4 Å². The molecule has 0 aromatic carbocycles. The van der Waals surface area contributed by atoms with Gasteiger partial charge in [-0.1, -0.05) is 0 Å². The van der Waals surface area contributed by atoms with E-state index in [-0.39, 0.29) is 24.9 Å². The summed E-state index contributed by atoms with van der Waals surface area (Å²) in [5, 5.41) is 2.64. The number of methoxy groups -OCH3 is 1. The minimum Gasteiger partial charge on any atom is -0.375 e. The lowest BCUT2D eigenvalue weighted by atomic mass is 10.4. The van der Waals surface area contributed by atoms with Crippen molar-refractivity contribution in [3.8, 4) is 0 Å². The van der Waals surface area contributed by atoms with Crippen molar-refractivity contribution in [2.24, 2.45) is 5.73 Å². The molecule has 0 radical (unpaired) electrons. The van der Waals surface area contributed by atoms with Gasteiger partial charge in [0.15, 0.2) is 0 Å². The first kappa shape index (κ1) is 13.3. The number of carbonyl (C=O) groups is 1. The van der Waals surface area contributed by atoms with Gasteiger partial charge in [0.1, 0.15) is 6.61 Å². The van der Waals surface area contributed by atoms with Gasteiger partial charge < -0.3 is 15.8 Å². The van der Waals surface area contributed by atoms with E-state index in [1.807, 2.05) is 0 Å². The van der Waals surface area contributed by atoms with Crippen LogP contribution in [0.2, 0.25) is 0 Å². The predicted octanol–water partition coefficient (Wildman–Crippen LogP) is -0.480. The molecule has 0 spiro atoms. The molecule has 0 saturated heterocycles. The Balaban J connectivity index is 0. The van der Waals surface area contributed by atoms with Gasteiger partial charge in [0, 0.05) is 13.7 Å². The lowest BCUT2D eigenvalue weighted by Crippen LogP contribution is -2.29. The zero-order chi connectivity index (χ0) is 7.82. The first-order valence-electron chi connectivity index (χ1n) is 3.27. The number of carbonyl (C=O) groups excluding carboxylic acids is 1. The molecule has 0 fully saturated rings. The monoisotopic (exact) mass is 182 g/mol. The van der Waals surface area contributed by atoms with Crippen LogP contribution < -0.4 is 11.1 Å². The second-order valence-corrected chi connectivity index (χ2v) is 1.93. The first-order chi connectivity index (χ1) is 4.81. The number of hydrogen-bond donors (Lipinski definition) is 2. The van der Waals surface area contributed by atoms with Crippen molar-refractivity contribution in [1.82, 2.24) is 5.32 Å². The summed E-state index contributed by atoms with van der Waals surface area (Å²) in [4.78, 5) is 10.6. The second kappa shape index (κ2) is 9.68. The van der Waals surface area contributed by atoms with Crippen LogP contribution in [-0.4, -0.2) is 32.7 Å². The van der Waals surface area contributed by atoms with E-state index in [9.17, 15) is 4.79 Å². The van der Waals surface area contributed by atoms with Crippen molar-refractivity contribution in [2.45, 2.75) is 6.42 Å². The Kier molecular flexibility index (Phi) is 11.7. The van der Waals surface area contributed by atoms with Gasteiger partial charge in [0.2, 0.25) is 5.91 Å². The summed E-state index contributed by atoms with van der Waals surface area (Å²) in [6.45, 7) is 1.37. The lowest BCUT2D eigenvalue weighted by molar-refractivity contribution is -0.124. The SMILES string of the molecule is COCC(=O)NCCCN.Cl.